The van der Waals surface area contributed by atoms with Crippen molar-refractivity contribution in [1.29, 1.82) is 0 Å². The maximum atomic E-state index is 11.7. The van der Waals surface area contributed by atoms with Crippen LogP contribution in [0.15, 0.2) is 16.6 Å². The maximum absolute atomic E-state index is 11.7. The first-order valence-electron chi connectivity index (χ1n) is 6.32. The average Bonchev–Trinajstić information content (AvgIpc) is 2.29. The number of benzene rings is 1. The van der Waals surface area contributed by atoms with Crippen LogP contribution in [0.25, 0.3) is 0 Å². The van der Waals surface area contributed by atoms with Crippen LogP contribution in [-0.2, 0) is 4.74 Å². The summed E-state index contributed by atoms with van der Waals surface area (Å²) in [5.41, 5.74) is 2.31. The highest BCUT2D eigenvalue weighted by Crippen LogP contribution is 2.27. The van der Waals surface area contributed by atoms with E-state index in [9.17, 15) is 4.79 Å². The summed E-state index contributed by atoms with van der Waals surface area (Å²) in [6, 6.07) is 3.66. The minimum absolute atomic E-state index is 0.120. The van der Waals surface area contributed by atoms with Crippen molar-refractivity contribution < 1.29 is 9.53 Å². The van der Waals surface area contributed by atoms with Crippen LogP contribution >= 0.6 is 28.1 Å². The number of carbonyl (C=O) groups excluding carboxylic acids is 1. The van der Waals surface area contributed by atoms with Crippen molar-refractivity contribution in [3.05, 3.63) is 27.7 Å². The Morgan fingerprint density at radius 2 is 2.00 bits per heavy atom. The molecule has 1 rings (SSSR count). The van der Waals surface area contributed by atoms with E-state index < -0.39 is 0 Å². The first kappa shape index (κ1) is 17.1. The fourth-order valence-corrected chi connectivity index (χ4v) is 2.81. The number of esters is 1. The average molecular weight is 358 g/mol. The maximum Gasteiger partial charge on any atom is 0.338 e. The summed E-state index contributed by atoms with van der Waals surface area (Å²) in [6.07, 6.45) is 0.780. The van der Waals surface area contributed by atoms with E-state index in [0.717, 1.165) is 27.1 Å². The Morgan fingerprint density at radius 1 is 1.40 bits per heavy atom. The van der Waals surface area contributed by atoms with Crippen molar-refractivity contribution in [3.8, 4) is 0 Å². The molecule has 110 valence electrons. The number of rotatable bonds is 3. The number of carbonyl (C=O) groups is 1. The minimum Gasteiger partial charge on any atom is -0.465 e. The molecular formula is C15H20BrNO2S. The van der Waals surface area contributed by atoms with E-state index in [1.165, 1.54) is 7.11 Å². The van der Waals surface area contributed by atoms with Crippen LogP contribution in [0.3, 0.4) is 0 Å². The summed E-state index contributed by atoms with van der Waals surface area (Å²) in [5.74, 6) is -0.353. The van der Waals surface area contributed by atoms with Gasteiger partial charge >= 0.3 is 5.97 Å². The predicted octanol–water partition coefficient (Wildman–Crippen LogP) is 4.72. The van der Waals surface area contributed by atoms with Crippen LogP contribution in [-0.4, -0.2) is 18.1 Å². The van der Waals surface area contributed by atoms with E-state index in [4.69, 9.17) is 17.0 Å². The number of thiocarbonyl (C=S) groups is 1. The summed E-state index contributed by atoms with van der Waals surface area (Å²) in [6.45, 7) is 8.28. The third-order valence-electron chi connectivity index (χ3n) is 2.74. The molecule has 0 unspecified atom stereocenters. The van der Waals surface area contributed by atoms with Crippen molar-refractivity contribution in [2.45, 2.75) is 34.1 Å². The molecule has 0 aliphatic rings. The second-order valence-corrected chi connectivity index (χ2v) is 7.31. The third-order valence-corrected chi connectivity index (χ3v) is 3.45. The Hall–Kier alpha value is -0.940. The number of methoxy groups -OCH3 is 1. The van der Waals surface area contributed by atoms with Crippen LogP contribution in [0.1, 0.15) is 43.1 Å². The van der Waals surface area contributed by atoms with Crippen molar-refractivity contribution in [2.75, 3.05) is 12.4 Å². The second kappa shape index (κ2) is 6.68. The van der Waals surface area contributed by atoms with Gasteiger partial charge in [0.05, 0.1) is 17.7 Å². The summed E-state index contributed by atoms with van der Waals surface area (Å²) < 4.78 is 5.60. The van der Waals surface area contributed by atoms with E-state index in [-0.39, 0.29) is 11.4 Å². The molecule has 0 saturated carbocycles. The van der Waals surface area contributed by atoms with Gasteiger partial charge in [0.1, 0.15) is 0 Å². The van der Waals surface area contributed by atoms with Crippen LogP contribution in [0.5, 0.6) is 0 Å². The number of nitrogens with one attached hydrogen (secondary N) is 1. The highest BCUT2D eigenvalue weighted by atomic mass is 79.9. The normalized spacial score (nSPS) is 11.1. The molecule has 5 heteroatoms. The van der Waals surface area contributed by atoms with E-state index in [1.807, 2.05) is 13.0 Å². The number of hydrogen-bond acceptors (Lipinski definition) is 3. The molecule has 0 heterocycles. The molecule has 0 amide bonds. The van der Waals surface area contributed by atoms with Gasteiger partial charge in [0, 0.05) is 16.6 Å². The molecular weight excluding hydrogens is 338 g/mol. The molecule has 1 aromatic carbocycles. The second-order valence-electron chi connectivity index (χ2n) is 5.90. The number of anilines is 1. The van der Waals surface area contributed by atoms with Crippen molar-refractivity contribution >= 4 is 44.8 Å². The van der Waals surface area contributed by atoms with Gasteiger partial charge < -0.3 is 10.1 Å². The molecule has 3 nitrogen and oxygen atoms in total. The molecule has 0 aliphatic heterocycles. The van der Waals surface area contributed by atoms with Gasteiger partial charge in [-0.3, -0.25) is 0 Å². The first-order chi connectivity index (χ1) is 9.14. The van der Waals surface area contributed by atoms with Gasteiger partial charge in [-0.05, 0) is 30.0 Å². The lowest BCUT2D eigenvalue weighted by atomic mass is 9.92. The van der Waals surface area contributed by atoms with Gasteiger partial charge in [0.15, 0.2) is 0 Å². The lowest BCUT2D eigenvalue weighted by molar-refractivity contribution is 0.0600. The lowest BCUT2D eigenvalue weighted by Gasteiger charge is -2.20. The number of ether oxygens (including phenoxy) is 1. The standard InChI is InChI=1S/C15H20BrNO2S/c1-9-11(14(18)19-5)6-10(16)7-12(9)17-13(20)8-15(2,3)4/h6-7H,8H2,1-5H3,(H,17,20). The van der Waals surface area contributed by atoms with E-state index in [2.05, 4.69) is 42.0 Å². The largest absolute Gasteiger partial charge is 0.465 e. The number of hydrogen-bond donors (Lipinski definition) is 1. The van der Waals surface area contributed by atoms with E-state index in [1.54, 1.807) is 6.07 Å². The van der Waals surface area contributed by atoms with Gasteiger partial charge in [0.25, 0.3) is 0 Å². The molecule has 20 heavy (non-hydrogen) atoms. The van der Waals surface area contributed by atoms with Gasteiger partial charge in [0.2, 0.25) is 0 Å². The highest BCUT2D eigenvalue weighted by Gasteiger charge is 2.17. The molecule has 1 N–H and O–H groups in total. The summed E-state index contributed by atoms with van der Waals surface area (Å²) in [7, 11) is 1.38. The Bertz CT molecular complexity index is 535. The Kier molecular flexibility index (Phi) is 5.71. The van der Waals surface area contributed by atoms with Crippen LogP contribution in [0, 0.1) is 12.3 Å². The van der Waals surface area contributed by atoms with Crippen LogP contribution in [0.4, 0.5) is 5.69 Å². The van der Waals surface area contributed by atoms with Gasteiger partial charge in [-0.1, -0.05) is 48.9 Å². The summed E-state index contributed by atoms with van der Waals surface area (Å²) >= 11 is 8.79. The zero-order valence-electron chi connectivity index (χ0n) is 12.5. The van der Waals surface area contributed by atoms with E-state index in [0.29, 0.717) is 5.56 Å². The number of halogens is 1. The molecule has 1 aromatic rings. The quantitative estimate of drug-likeness (QED) is 0.627. The van der Waals surface area contributed by atoms with Gasteiger partial charge in [-0.15, -0.1) is 0 Å². The van der Waals surface area contributed by atoms with Crippen molar-refractivity contribution in [1.82, 2.24) is 0 Å². The third kappa shape index (κ3) is 4.87. The molecule has 0 aliphatic carbocycles. The smallest absolute Gasteiger partial charge is 0.338 e. The van der Waals surface area contributed by atoms with Crippen molar-refractivity contribution in [3.63, 3.8) is 0 Å². The van der Waals surface area contributed by atoms with Crippen molar-refractivity contribution in [2.24, 2.45) is 5.41 Å². The Balaban J connectivity index is 3.04. The molecule has 0 bridgehead atoms. The fourth-order valence-electron chi connectivity index (χ4n) is 1.81. The van der Waals surface area contributed by atoms with Crippen LogP contribution in [0.2, 0.25) is 0 Å². The highest BCUT2D eigenvalue weighted by molar-refractivity contribution is 9.10. The van der Waals surface area contributed by atoms with Gasteiger partial charge in [-0.2, -0.15) is 0 Å². The molecule has 0 atom stereocenters. The Morgan fingerprint density at radius 3 is 2.50 bits per heavy atom. The summed E-state index contributed by atoms with van der Waals surface area (Å²) in [4.78, 5) is 12.5. The Labute approximate surface area is 134 Å². The summed E-state index contributed by atoms with van der Waals surface area (Å²) in [5, 5.41) is 3.22. The zero-order valence-corrected chi connectivity index (χ0v) is 14.9. The molecule has 0 saturated heterocycles. The topological polar surface area (TPSA) is 38.3 Å². The lowest BCUT2D eigenvalue weighted by Crippen LogP contribution is -2.19. The van der Waals surface area contributed by atoms with Crippen LogP contribution < -0.4 is 5.32 Å². The SMILES string of the molecule is COC(=O)c1cc(Br)cc(NC(=S)CC(C)(C)C)c1C. The predicted molar refractivity (Wildman–Crippen MR) is 90.5 cm³/mol. The molecule has 0 fully saturated rings. The minimum atomic E-state index is -0.353. The van der Waals surface area contributed by atoms with Gasteiger partial charge in [-0.25, -0.2) is 4.79 Å². The molecule has 0 spiro atoms. The monoisotopic (exact) mass is 357 g/mol. The first-order valence-corrected chi connectivity index (χ1v) is 7.52. The fraction of sp³-hybridized carbons (Fsp3) is 0.467. The van der Waals surface area contributed by atoms with E-state index >= 15 is 0 Å². The molecule has 0 radical (unpaired) electrons. The molecule has 0 aromatic heterocycles. The zero-order chi connectivity index (χ0) is 15.5.